The molecule has 1 heterocycles. The minimum absolute atomic E-state index is 0.384. The molecular formula is C11H14BrNO. The monoisotopic (exact) mass is 255 g/mol. The van der Waals surface area contributed by atoms with Crippen LogP contribution in [-0.4, -0.2) is 23.1 Å². The van der Waals surface area contributed by atoms with Crippen LogP contribution in [0.4, 0.5) is 0 Å². The molecule has 0 saturated carbocycles. The number of hydrogen-bond acceptors (Lipinski definition) is 2. The highest BCUT2D eigenvalue weighted by molar-refractivity contribution is 9.07. The molecule has 1 aromatic carbocycles. The van der Waals surface area contributed by atoms with E-state index in [0.29, 0.717) is 6.10 Å². The second-order valence-corrected chi connectivity index (χ2v) is 4.58. The van der Waals surface area contributed by atoms with Gasteiger partial charge in [0.05, 0.1) is 12.7 Å². The zero-order valence-corrected chi connectivity index (χ0v) is 9.61. The van der Waals surface area contributed by atoms with Gasteiger partial charge >= 0.3 is 0 Å². The van der Waals surface area contributed by atoms with Crippen LogP contribution >= 0.6 is 16.1 Å². The van der Waals surface area contributed by atoms with Crippen LogP contribution in [-0.2, 0) is 11.3 Å². The summed E-state index contributed by atoms with van der Waals surface area (Å²) in [5.74, 6) is 0. The molecular weight excluding hydrogens is 242 g/mol. The lowest BCUT2D eigenvalue weighted by Crippen LogP contribution is -2.15. The summed E-state index contributed by atoms with van der Waals surface area (Å²) in [6.07, 6.45) is 1.51. The quantitative estimate of drug-likeness (QED) is 0.771. The van der Waals surface area contributed by atoms with Crippen molar-refractivity contribution in [2.75, 3.05) is 13.1 Å². The summed E-state index contributed by atoms with van der Waals surface area (Å²) in [7, 11) is 0. The fourth-order valence-electron chi connectivity index (χ4n) is 1.61. The maximum absolute atomic E-state index is 5.79. The zero-order valence-electron chi connectivity index (χ0n) is 8.03. The van der Waals surface area contributed by atoms with Crippen LogP contribution in [0.5, 0.6) is 0 Å². The molecule has 1 atom stereocenters. The molecule has 76 valence electrons. The molecule has 0 N–H and O–H groups in total. The summed E-state index contributed by atoms with van der Waals surface area (Å²) in [4.78, 5) is 0. The Labute approximate surface area is 93.2 Å². The largest absolute Gasteiger partial charge is 0.372 e. The molecule has 2 nitrogen and oxygen atoms in total. The van der Waals surface area contributed by atoms with Crippen molar-refractivity contribution in [3.63, 3.8) is 0 Å². The van der Waals surface area contributed by atoms with E-state index in [9.17, 15) is 0 Å². The highest BCUT2D eigenvalue weighted by atomic mass is 79.9. The van der Waals surface area contributed by atoms with Crippen LogP contribution in [0.3, 0.4) is 0 Å². The highest BCUT2D eigenvalue weighted by Crippen LogP contribution is 2.17. The summed E-state index contributed by atoms with van der Waals surface area (Å²) in [6.45, 7) is 2.80. The van der Waals surface area contributed by atoms with E-state index in [1.807, 2.05) is 18.2 Å². The molecule has 0 aliphatic carbocycles. The van der Waals surface area contributed by atoms with E-state index in [2.05, 4.69) is 32.2 Å². The maximum Gasteiger partial charge on any atom is 0.0728 e. The lowest BCUT2D eigenvalue weighted by Gasteiger charge is -2.10. The number of benzene rings is 1. The van der Waals surface area contributed by atoms with E-state index in [4.69, 9.17) is 4.74 Å². The SMILES string of the molecule is BrN1CC[C@@H](OCc2ccccc2)C1. The van der Waals surface area contributed by atoms with Gasteiger partial charge in [-0.15, -0.1) is 0 Å². The third-order valence-electron chi connectivity index (χ3n) is 2.42. The number of nitrogens with zero attached hydrogens (tertiary/aromatic N) is 1. The van der Waals surface area contributed by atoms with Crippen molar-refractivity contribution in [1.82, 2.24) is 3.93 Å². The summed E-state index contributed by atoms with van der Waals surface area (Å²) in [5.41, 5.74) is 1.25. The van der Waals surface area contributed by atoms with Gasteiger partial charge in [-0.1, -0.05) is 30.3 Å². The van der Waals surface area contributed by atoms with Gasteiger partial charge < -0.3 is 4.74 Å². The Hall–Kier alpha value is -0.380. The first kappa shape index (κ1) is 10.1. The van der Waals surface area contributed by atoms with Crippen LogP contribution < -0.4 is 0 Å². The number of ether oxygens (including phenoxy) is 1. The van der Waals surface area contributed by atoms with Crippen LogP contribution in [0.1, 0.15) is 12.0 Å². The van der Waals surface area contributed by atoms with Crippen LogP contribution in [0.25, 0.3) is 0 Å². The van der Waals surface area contributed by atoms with Gasteiger partial charge in [0.25, 0.3) is 0 Å². The predicted molar refractivity (Wildman–Crippen MR) is 60.1 cm³/mol. The normalized spacial score (nSPS) is 22.8. The molecule has 1 aliphatic rings. The maximum atomic E-state index is 5.79. The van der Waals surface area contributed by atoms with E-state index in [0.717, 1.165) is 26.1 Å². The van der Waals surface area contributed by atoms with Gasteiger partial charge in [-0.05, 0) is 12.0 Å². The minimum Gasteiger partial charge on any atom is -0.372 e. The van der Waals surface area contributed by atoms with Gasteiger partial charge in [0.1, 0.15) is 0 Å². The summed E-state index contributed by atoms with van der Waals surface area (Å²) < 4.78 is 7.92. The molecule has 0 bridgehead atoms. The van der Waals surface area contributed by atoms with E-state index in [-0.39, 0.29) is 0 Å². The molecule has 2 rings (SSSR count). The Morgan fingerprint density at radius 2 is 2.14 bits per heavy atom. The topological polar surface area (TPSA) is 12.5 Å². The fourth-order valence-corrected chi connectivity index (χ4v) is 2.14. The molecule has 0 spiro atoms. The number of rotatable bonds is 3. The smallest absolute Gasteiger partial charge is 0.0728 e. The third-order valence-corrected chi connectivity index (χ3v) is 3.07. The third kappa shape index (κ3) is 2.80. The first-order chi connectivity index (χ1) is 6.84. The van der Waals surface area contributed by atoms with Gasteiger partial charge in [-0.25, -0.2) is 3.93 Å². The Morgan fingerprint density at radius 1 is 1.36 bits per heavy atom. The minimum atomic E-state index is 0.384. The second kappa shape index (κ2) is 4.91. The first-order valence-electron chi connectivity index (χ1n) is 4.91. The lowest BCUT2D eigenvalue weighted by atomic mass is 10.2. The summed E-state index contributed by atoms with van der Waals surface area (Å²) in [5, 5.41) is 0. The molecule has 0 radical (unpaired) electrons. The van der Waals surface area contributed by atoms with Gasteiger partial charge in [-0.2, -0.15) is 0 Å². The molecule has 1 fully saturated rings. The molecule has 1 aliphatic heterocycles. The van der Waals surface area contributed by atoms with Crippen molar-refractivity contribution >= 4 is 16.1 Å². The second-order valence-electron chi connectivity index (χ2n) is 3.58. The molecule has 1 saturated heterocycles. The molecule has 14 heavy (non-hydrogen) atoms. The van der Waals surface area contributed by atoms with Gasteiger partial charge in [0.15, 0.2) is 0 Å². The Morgan fingerprint density at radius 3 is 2.79 bits per heavy atom. The van der Waals surface area contributed by atoms with Gasteiger partial charge in [0, 0.05) is 29.2 Å². The van der Waals surface area contributed by atoms with Crippen LogP contribution in [0.2, 0.25) is 0 Å². The van der Waals surface area contributed by atoms with Crippen molar-refractivity contribution in [2.24, 2.45) is 0 Å². The van der Waals surface area contributed by atoms with Crippen molar-refractivity contribution in [1.29, 1.82) is 0 Å². The molecule has 3 heteroatoms. The molecule has 0 amide bonds. The van der Waals surface area contributed by atoms with Crippen molar-refractivity contribution in [2.45, 2.75) is 19.1 Å². The van der Waals surface area contributed by atoms with E-state index in [1.54, 1.807) is 0 Å². The lowest BCUT2D eigenvalue weighted by molar-refractivity contribution is 0.0516. The Bertz CT molecular complexity index is 278. The van der Waals surface area contributed by atoms with Gasteiger partial charge in [-0.3, -0.25) is 0 Å². The molecule has 0 unspecified atom stereocenters. The summed E-state index contributed by atoms with van der Waals surface area (Å²) >= 11 is 3.46. The summed E-state index contributed by atoms with van der Waals surface area (Å²) in [6, 6.07) is 10.3. The molecule has 0 aromatic heterocycles. The van der Waals surface area contributed by atoms with Crippen LogP contribution in [0, 0.1) is 0 Å². The van der Waals surface area contributed by atoms with E-state index in [1.165, 1.54) is 5.56 Å². The zero-order chi connectivity index (χ0) is 9.80. The van der Waals surface area contributed by atoms with E-state index < -0.39 is 0 Å². The van der Waals surface area contributed by atoms with Crippen molar-refractivity contribution in [3.8, 4) is 0 Å². The van der Waals surface area contributed by atoms with Crippen LogP contribution in [0.15, 0.2) is 30.3 Å². The van der Waals surface area contributed by atoms with Crippen molar-refractivity contribution in [3.05, 3.63) is 35.9 Å². The first-order valence-corrected chi connectivity index (χ1v) is 5.62. The average molecular weight is 256 g/mol. The standard InChI is InChI=1S/C11H14BrNO/c12-13-7-6-11(8-13)14-9-10-4-2-1-3-5-10/h1-5,11H,6-9H2/t11-/m1/s1. The fraction of sp³-hybridized carbons (Fsp3) is 0.455. The number of halogens is 1. The van der Waals surface area contributed by atoms with E-state index >= 15 is 0 Å². The predicted octanol–water partition coefficient (Wildman–Crippen LogP) is 2.59. The number of hydrogen-bond donors (Lipinski definition) is 0. The Kier molecular flexibility index (Phi) is 3.56. The highest BCUT2D eigenvalue weighted by Gasteiger charge is 2.20. The Balaban J connectivity index is 1.78. The van der Waals surface area contributed by atoms with Gasteiger partial charge in [0.2, 0.25) is 0 Å². The van der Waals surface area contributed by atoms with Crippen molar-refractivity contribution < 1.29 is 4.74 Å². The average Bonchev–Trinajstić information content (AvgIpc) is 2.63. The molecule has 1 aromatic rings.